The van der Waals surface area contributed by atoms with Crippen molar-refractivity contribution in [3.8, 4) is 17.2 Å². The van der Waals surface area contributed by atoms with Crippen molar-refractivity contribution >= 4 is 12.0 Å². The van der Waals surface area contributed by atoms with Gasteiger partial charge in [-0.1, -0.05) is 6.08 Å². The zero-order valence-electron chi connectivity index (χ0n) is 12.3. The number of carbonyl (C=O) groups is 1. The fraction of sp³-hybridized carbons (Fsp3) is 0.267. The Kier molecular flexibility index (Phi) is 6.83. The molecule has 0 amide bonds. The molecule has 0 aromatic heterocycles. The molecule has 0 fully saturated rings. The number of hydroxylamine groups is 1. The highest BCUT2D eigenvalue weighted by molar-refractivity contribution is 5.87. The van der Waals surface area contributed by atoms with Crippen LogP contribution in [0.2, 0.25) is 0 Å². The van der Waals surface area contributed by atoms with Gasteiger partial charge in [-0.3, -0.25) is 0 Å². The van der Waals surface area contributed by atoms with E-state index in [0.29, 0.717) is 29.4 Å². The highest BCUT2D eigenvalue weighted by atomic mass is 16.7. The highest BCUT2D eigenvalue weighted by Crippen LogP contribution is 2.38. The molecule has 0 aliphatic carbocycles. The Hall–Kier alpha value is -2.47. The van der Waals surface area contributed by atoms with E-state index in [1.807, 2.05) is 0 Å². The van der Waals surface area contributed by atoms with Crippen LogP contribution in [0.1, 0.15) is 5.56 Å². The quantitative estimate of drug-likeness (QED) is 0.342. The van der Waals surface area contributed by atoms with Gasteiger partial charge in [0.1, 0.15) is 0 Å². The highest BCUT2D eigenvalue weighted by Gasteiger charge is 2.12. The molecule has 0 atom stereocenters. The summed E-state index contributed by atoms with van der Waals surface area (Å²) >= 11 is 0. The van der Waals surface area contributed by atoms with Crippen LogP contribution in [-0.2, 0) is 9.63 Å². The Morgan fingerprint density at radius 3 is 2.29 bits per heavy atom. The number of nitrogens with one attached hydrogen (secondary N) is 1. The van der Waals surface area contributed by atoms with Crippen LogP contribution in [0.15, 0.2) is 30.9 Å². The second-order valence-electron chi connectivity index (χ2n) is 3.85. The minimum Gasteiger partial charge on any atom is -0.493 e. The molecule has 0 saturated carbocycles. The summed E-state index contributed by atoms with van der Waals surface area (Å²) in [4.78, 5) is 16.2. The average molecular weight is 293 g/mol. The molecule has 0 spiro atoms. The van der Waals surface area contributed by atoms with Gasteiger partial charge in [0.2, 0.25) is 5.75 Å². The first kappa shape index (κ1) is 16.6. The van der Waals surface area contributed by atoms with Crippen molar-refractivity contribution in [2.75, 3.05) is 27.9 Å². The van der Waals surface area contributed by atoms with Crippen LogP contribution >= 0.6 is 0 Å². The van der Waals surface area contributed by atoms with Crippen molar-refractivity contribution in [2.24, 2.45) is 0 Å². The van der Waals surface area contributed by atoms with Gasteiger partial charge < -0.3 is 19.0 Å². The maximum Gasteiger partial charge on any atom is 0.349 e. The Morgan fingerprint density at radius 2 is 1.81 bits per heavy atom. The molecule has 0 saturated heterocycles. The van der Waals surface area contributed by atoms with Crippen LogP contribution < -0.4 is 19.7 Å². The molecule has 0 aliphatic heterocycles. The molecular formula is C15H19NO5. The number of benzene rings is 1. The van der Waals surface area contributed by atoms with Crippen molar-refractivity contribution in [3.05, 3.63) is 36.4 Å². The van der Waals surface area contributed by atoms with Gasteiger partial charge in [0.25, 0.3) is 0 Å². The summed E-state index contributed by atoms with van der Waals surface area (Å²) in [5, 5.41) is 0. The Balaban J connectivity index is 2.88. The van der Waals surface area contributed by atoms with E-state index in [1.165, 1.54) is 27.4 Å². The second kappa shape index (κ2) is 8.65. The SMILES string of the molecule is C=CCNOC(=O)/C=C/c1cc(OC)c(OC)c(OC)c1. The molecule has 0 radical (unpaired) electrons. The molecule has 6 heteroatoms. The van der Waals surface area contributed by atoms with Gasteiger partial charge in [-0.2, -0.15) is 0 Å². The van der Waals surface area contributed by atoms with Crippen molar-refractivity contribution in [2.45, 2.75) is 0 Å². The molecule has 1 N–H and O–H groups in total. The van der Waals surface area contributed by atoms with E-state index in [-0.39, 0.29) is 0 Å². The molecule has 1 rings (SSSR count). The fourth-order valence-electron chi connectivity index (χ4n) is 1.57. The van der Waals surface area contributed by atoms with E-state index in [9.17, 15) is 4.79 Å². The van der Waals surface area contributed by atoms with Crippen LogP contribution in [0.4, 0.5) is 0 Å². The summed E-state index contributed by atoms with van der Waals surface area (Å²) < 4.78 is 15.7. The molecule has 114 valence electrons. The van der Waals surface area contributed by atoms with E-state index < -0.39 is 5.97 Å². The molecule has 0 heterocycles. The predicted octanol–water partition coefficient (Wildman–Crippen LogP) is 1.96. The smallest absolute Gasteiger partial charge is 0.349 e. The number of ether oxygens (including phenoxy) is 3. The minimum absolute atomic E-state index is 0.379. The molecule has 21 heavy (non-hydrogen) atoms. The van der Waals surface area contributed by atoms with Crippen molar-refractivity contribution < 1.29 is 23.8 Å². The first-order valence-corrected chi connectivity index (χ1v) is 6.18. The Morgan fingerprint density at radius 1 is 1.19 bits per heavy atom. The van der Waals surface area contributed by atoms with Gasteiger partial charge in [0.15, 0.2) is 11.5 Å². The van der Waals surface area contributed by atoms with Crippen LogP contribution in [-0.4, -0.2) is 33.8 Å². The molecule has 6 nitrogen and oxygen atoms in total. The lowest BCUT2D eigenvalue weighted by Crippen LogP contribution is -2.18. The van der Waals surface area contributed by atoms with Crippen molar-refractivity contribution in [3.63, 3.8) is 0 Å². The Bertz CT molecular complexity index is 500. The standard InChI is InChI=1S/C15H19NO5/c1-5-8-16-21-14(17)7-6-11-9-12(18-2)15(20-4)13(10-11)19-3/h5-7,9-10,16H,1,8H2,2-4H3/b7-6+. The first-order valence-electron chi connectivity index (χ1n) is 6.18. The summed E-state index contributed by atoms with van der Waals surface area (Å²) in [6, 6.07) is 3.45. The third-order valence-corrected chi connectivity index (χ3v) is 2.50. The van der Waals surface area contributed by atoms with Crippen LogP contribution in [0.3, 0.4) is 0 Å². The summed E-state index contributed by atoms with van der Waals surface area (Å²) in [6.45, 7) is 3.87. The van der Waals surface area contributed by atoms with E-state index in [4.69, 9.17) is 19.0 Å². The lowest BCUT2D eigenvalue weighted by atomic mass is 10.1. The molecule has 1 aromatic carbocycles. The number of methoxy groups -OCH3 is 3. The number of hydrogen-bond acceptors (Lipinski definition) is 6. The number of hydrogen-bond donors (Lipinski definition) is 1. The molecule has 1 aromatic rings. The van der Waals surface area contributed by atoms with Crippen LogP contribution in [0.25, 0.3) is 6.08 Å². The largest absolute Gasteiger partial charge is 0.493 e. The van der Waals surface area contributed by atoms with E-state index in [1.54, 1.807) is 24.3 Å². The predicted molar refractivity (Wildman–Crippen MR) is 79.4 cm³/mol. The van der Waals surface area contributed by atoms with Crippen molar-refractivity contribution in [1.82, 2.24) is 5.48 Å². The summed E-state index contributed by atoms with van der Waals surface area (Å²) in [6.07, 6.45) is 4.45. The fourth-order valence-corrected chi connectivity index (χ4v) is 1.57. The maximum atomic E-state index is 11.4. The Labute approximate surface area is 123 Å². The van der Waals surface area contributed by atoms with E-state index in [0.717, 1.165) is 0 Å². The number of rotatable bonds is 8. The maximum absolute atomic E-state index is 11.4. The minimum atomic E-state index is -0.523. The van der Waals surface area contributed by atoms with Gasteiger partial charge in [-0.05, 0) is 23.8 Å². The zero-order valence-corrected chi connectivity index (χ0v) is 12.3. The monoisotopic (exact) mass is 293 g/mol. The second-order valence-corrected chi connectivity index (χ2v) is 3.85. The summed E-state index contributed by atoms with van der Waals surface area (Å²) in [7, 11) is 4.58. The molecular weight excluding hydrogens is 274 g/mol. The lowest BCUT2D eigenvalue weighted by molar-refractivity contribution is -0.144. The normalized spacial score (nSPS) is 10.2. The third-order valence-electron chi connectivity index (χ3n) is 2.50. The van der Waals surface area contributed by atoms with Crippen LogP contribution in [0.5, 0.6) is 17.2 Å². The van der Waals surface area contributed by atoms with E-state index in [2.05, 4.69) is 12.1 Å². The topological polar surface area (TPSA) is 66.0 Å². The van der Waals surface area contributed by atoms with E-state index >= 15 is 0 Å². The third kappa shape index (κ3) is 4.85. The van der Waals surface area contributed by atoms with Gasteiger partial charge >= 0.3 is 5.97 Å². The van der Waals surface area contributed by atoms with Crippen molar-refractivity contribution in [1.29, 1.82) is 0 Å². The first-order chi connectivity index (χ1) is 10.2. The molecule has 0 aliphatic rings. The van der Waals surface area contributed by atoms with Gasteiger partial charge in [0.05, 0.1) is 21.3 Å². The van der Waals surface area contributed by atoms with Gasteiger partial charge in [-0.15, -0.1) is 12.1 Å². The van der Waals surface area contributed by atoms with Crippen LogP contribution in [0, 0.1) is 0 Å². The lowest BCUT2D eigenvalue weighted by Gasteiger charge is -2.12. The number of carbonyl (C=O) groups excluding carboxylic acids is 1. The summed E-state index contributed by atoms with van der Waals surface area (Å²) in [5.74, 6) is 0.988. The average Bonchev–Trinajstić information content (AvgIpc) is 2.51. The summed E-state index contributed by atoms with van der Waals surface area (Å²) in [5.41, 5.74) is 3.16. The van der Waals surface area contributed by atoms with Gasteiger partial charge in [-0.25, -0.2) is 4.79 Å². The van der Waals surface area contributed by atoms with Gasteiger partial charge in [0, 0.05) is 12.6 Å². The molecule has 0 unspecified atom stereocenters. The zero-order chi connectivity index (χ0) is 15.7. The molecule has 0 bridgehead atoms.